The summed E-state index contributed by atoms with van der Waals surface area (Å²) in [6.45, 7) is 21.7. The van der Waals surface area contributed by atoms with Crippen molar-refractivity contribution in [1.29, 1.82) is 0 Å². The third-order valence-electron chi connectivity index (χ3n) is 8.84. The Morgan fingerprint density at radius 1 is 0.500 bits per heavy atom. The van der Waals surface area contributed by atoms with Gasteiger partial charge in [-0.1, -0.05) is 156 Å². The molecule has 0 unspecified atom stereocenters. The van der Waals surface area contributed by atoms with E-state index in [1.165, 1.54) is 128 Å². The predicted molar refractivity (Wildman–Crippen MR) is 195 cm³/mol. The van der Waals surface area contributed by atoms with Crippen molar-refractivity contribution in [1.82, 2.24) is 0 Å². The van der Waals surface area contributed by atoms with Crippen molar-refractivity contribution >= 4 is 0 Å². The van der Waals surface area contributed by atoms with Gasteiger partial charge in [0, 0.05) is 5.56 Å². The maximum Gasteiger partial charge on any atom is 0.161 e. The molecule has 0 N–H and O–H groups in total. The topological polar surface area (TPSA) is 18.5 Å². The summed E-state index contributed by atoms with van der Waals surface area (Å²) < 4.78 is 13.6. The van der Waals surface area contributed by atoms with Crippen LogP contribution in [-0.4, -0.2) is 37.3 Å². The van der Waals surface area contributed by atoms with Crippen molar-refractivity contribution in [2.24, 2.45) is 0 Å². The monoisotopic (exact) mass is 611 g/mol. The van der Waals surface area contributed by atoms with Crippen molar-refractivity contribution < 1.29 is 14.0 Å². The highest BCUT2D eigenvalue weighted by Gasteiger charge is 2.24. The molecular formula is C41H72NO2+. The summed E-state index contributed by atoms with van der Waals surface area (Å²) >= 11 is 0. The first kappa shape index (κ1) is 40.0. The zero-order valence-electron chi connectivity index (χ0n) is 29.4. The van der Waals surface area contributed by atoms with Crippen LogP contribution in [0.3, 0.4) is 0 Å². The molecule has 1 aromatic rings. The smallest absolute Gasteiger partial charge is 0.161 e. The molecule has 0 saturated heterocycles. The number of nitrogens with zero attached hydrogens (tertiary/aromatic N) is 1. The molecule has 0 saturated carbocycles. The van der Waals surface area contributed by atoms with Crippen LogP contribution in [0.5, 0.6) is 11.5 Å². The lowest BCUT2D eigenvalue weighted by Gasteiger charge is -2.36. The maximum atomic E-state index is 6.41. The third kappa shape index (κ3) is 20.1. The molecular weight excluding hydrogens is 538 g/mol. The van der Waals surface area contributed by atoms with Crippen LogP contribution in [0.1, 0.15) is 154 Å². The molecule has 0 radical (unpaired) electrons. The lowest BCUT2D eigenvalue weighted by atomic mass is 10.1. The van der Waals surface area contributed by atoms with Crippen LogP contribution in [0.4, 0.5) is 0 Å². The largest absolute Gasteiger partial charge is 0.490 e. The highest BCUT2D eigenvalue weighted by molar-refractivity contribution is 5.43. The number of unbranched alkanes of at least 4 members (excludes halogenated alkanes) is 19. The SMILES string of the molecule is C=CC[N+](CC=C)(CC=C)Cc1ccc(OCCCCCCCCCCCC)c(OCCCCCCCCCCCCC)c1. The van der Waals surface area contributed by atoms with E-state index in [-0.39, 0.29) is 0 Å². The Morgan fingerprint density at radius 2 is 0.864 bits per heavy atom. The van der Waals surface area contributed by atoms with E-state index < -0.39 is 0 Å². The van der Waals surface area contributed by atoms with E-state index in [0.717, 1.165) is 68.2 Å². The van der Waals surface area contributed by atoms with E-state index in [0.29, 0.717) is 0 Å². The number of rotatable bonds is 33. The predicted octanol–water partition coefficient (Wildman–Crippen LogP) is 12.6. The Morgan fingerprint density at radius 3 is 1.25 bits per heavy atom. The average molecular weight is 611 g/mol. The van der Waals surface area contributed by atoms with Crippen molar-refractivity contribution in [2.75, 3.05) is 32.8 Å². The molecule has 0 aliphatic heterocycles. The van der Waals surface area contributed by atoms with E-state index in [2.05, 4.69) is 51.8 Å². The van der Waals surface area contributed by atoms with Crippen LogP contribution in [0.25, 0.3) is 0 Å². The van der Waals surface area contributed by atoms with Crippen LogP contribution < -0.4 is 9.47 Å². The molecule has 0 fully saturated rings. The standard InChI is InChI=1S/C41H72NO2/c1-6-11-13-15-17-19-21-23-25-27-29-36-44-41-37-39(38-42(32-8-3,33-9-4)34-10-5)30-31-40(41)43-35-28-26-24-22-20-18-16-14-12-7-2/h8-10,30-31,37H,3-7,11-29,32-36,38H2,1-2H3/q+1. The van der Waals surface area contributed by atoms with Gasteiger partial charge in [-0.25, -0.2) is 0 Å². The Labute approximate surface area is 274 Å². The molecule has 1 aromatic carbocycles. The molecule has 0 heterocycles. The molecule has 0 bridgehead atoms. The summed E-state index contributed by atoms with van der Waals surface area (Å²) in [4.78, 5) is 0. The van der Waals surface area contributed by atoms with Gasteiger partial charge in [-0.3, -0.25) is 0 Å². The van der Waals surface area contributed by atoms with Crippen LogP contribution in [0.15, 0.2) is 56.2 Å². The Bertz CT molecular complexity index is 805. The number of ether oxygens (including phenoxy) is 2. The van der Waals surface area contributed by atoms with Crippen LogP contribution >= 0.6 is 0 Å². The fourth-order valence-electron chi connectivity index (χ4n) is 6.23. The van der Waals surface area contributed by atoms with E-state index in [1.807, 2.05) is 18.2 Å². The zero-order chi connectivity index (χ0) is 32.0. The highest BCUT2D eigenvalue weighted by atomic mass is 16.5. The van der Waals surface area contributed by atoms with Gasteiger partial charge in [-0.2, -0.15) is 0 Å². The molecule has 0 spiro atoms. The number of benzene rings is 1. The second-order valence-corrected chi connectivity index (χ2v) is 13.1. The van der Waals surface area contributed by atoms with Gasteiger partial charge < -0.3 is 14.0 Å². The molecule has 0 atom stereocenters. The van der Waals surface area contributed by atoms with Crippen LogP contribution in [0, 0.1) is 0 Å². The number of hydrogen-bond donors (Lipinski definition) is 0. The molecule has 252 valence electrons. The Balaban J connectivity index is 2.60. The Hall–Kier alpha value is -2.00. The van der Waals surface area contributed by atoms with E-state index in [9.17, 15) is 0 Å². The molecule has 0 aromatic heterocycles. The molecule has 3 nitrogen and oxygen atoms in total. The zero-order valence-corrected chi connectivity index (χ0v) is 29.4. The van der Waals surface area contributed by atoms with E-state index in [4.69, 9.17) is 9.47 Å². The maximum absolute atomic E-state index is 6.41. The fourth-order valence-corrected chi connectivity index (χ4v) is 6.23. The summed E-state index contributed by atoms with van der Waals surface area (Å²) in [6, 6.07) is 6.56. The van der Waals surface area contributed by atoms with Crippen molar-refractivity contribution in [3.05, 3.63) is 61.7 Å². The first-order chi connectivity index (χ1) is 21.6. The second-order valence-electron chi connectivity index (χ2n) is 13.1. The van der Waals surface area contributed by atoms with E-state index >= 15 is 0 Å². The minimum absolute atomic E-state index is 0.751. The van der Waals surface area contributed by atoms with Crippen LogP contribution in [0.2, 0.25) is 0 Å². The highest BCUT2D eigenvalue weighted by Crippen LogP contribution is 2.31. The van der Waals surface area contributed by atoms with Gasteiger partial charge in [0.15, 0.2) is 11.5 Å². The van der Waals surface area contributed by atoms with Crippen molar-refractivity contribution in [3.8, 4) is 11.5 Å². The minimum atomic E-state index is 0.751. The van der Waals surface area contributed by atoms with Gasteiger partial charge in [0.1, 0.15) is 6.54 Å². The summed E-state index contributed by atoms with van der Waals surface area (Å²) in [7, 11) is 0. The summed E-state index contributed by atoms with van der Waals surface area (Å²) in [5, 5.41) is 0. The fraction of sp³-hybridized carbons (Fsp3) is 0.707. The first-order valence-electron chi connectivity index (χ1n) is 18.7. The van der Waals surface area contributed by atoms with Gasteiger partial charge in [-0.15, -0.1) is 0 Å². The first-order valence-corrected chi connectivity index (χ1v) is 18.7. The van der Waals surface area contributed by atoms with E-state index in [1.54, 1.807) is 0 Å². The van der Waals surface area contributed by atoms with Crippen molar-refractivity contribution in [2.45, 2.75) is 155 Å². The summed E-state index contributed by atoms with van der Waals surface area (Å²) in [5.41, 5.74) is 1.26. The number of hydrogen-bond acceptors (Lipinski definition) is 2. The molecule has 0 amide bonds. The molecule has 0 aliphatic carbocycles. The number of quaternary nitrogens is 1. The summed E-state index contributed by atoms with van der Waals surface area (Å²) in [6.07, 6.45) is 34.1. The van der Waals surface area contributed by atoms with Gasteiger partial charge in [-0.05, 0) is 49.3 Å². The molecule has 44 heavy (non-hydrogen) atoms. The second kappa shape index (κ2) is 28.5. The van der Waals surface area contributed by atoms with Crippen LogP contribution in [-0.2, 0) is 6.54 Å². The lowest BCUT2D eigenvalue weighted by molar-refractivity contribution is -0.924. The lowest BCUT2D eigenvalue weighted by Crippen LogP contribution is -2.47. The van der Waals surface area contributed by atoms with Gasteiger partial charge in [0.2, 0.25) is 0 Å². The van der Waals surface area contributed by atoms with Gasteiger partial charge >= 0.3 is 0 Å². The summed E-state index contributed by atoms with van der Waals surface area (Å²) in [5.74, 6) is 1.79. The van der Waals surface area contributed by atoms with Crippen molar-refractivity contribution in [3.63, 3.8) is 0 Å². The Kier molecular flexibility index (Phi) is 25.9. The van der Waals surface area contributed by atoms with Gasteiger partial charge in [0.05, 0.1) is 32.8 Å². The molecule has 0 aliphatic rings. The molecule has 1 rings (SSSR count). The minimum Gasteiger partial charge on any atom is -0.490 e. The normalized spacial score (nSPS) is 11.4. The van der Waals surface area contributed by atoms with Gasteiger partial charge in [0.25, 0.3) is 0 Å². The quantitative estimate of drug-likeness (QED) is 0.0448. The third-order valence-corrected chi connectivity index (χ3v) is 8.84. The average Bonchev–Trinajstić information content (AvgIpc) is 3.01. The molecule has 3 heteroatoms.